The largest absolute Gasteiger partial charge is 1.00 e. The fraction of sp³-hybridized carbons (Fsp3) is 0.333. The molecule has 5 nitrogen and oxygen atoms in total. The van der Waals surface area contributed by atoms with Crippen LogP contribution in [0.15, 0.2) is 9.59 Å². The average Bonchev–Trinajstić information content (AvgIpc) is 2.04. The molecule has 0 unspecified atom stereocenters. The Balaban J connectivity index is 0.00000121. The third kappa shape index (κ3) is 1.57. The van der Waals surface area contributed by atoms with Crippen molar-refractivity contribution >= 4 is 5.69 Å². The SMILES string of the molecule is [Cl-].[NH3+]CCNc1c(O)c(=O)c1=O. The number of halogens is 1. The van der Waals surface area contributed by atoms with Crippen molar-refractivity contribution in [1.82, 2.24) is 0 Å². The van der Waals surface area contributed by atoms with Crippen molar-refractivity contribution in [2.24, 2.45) is 0 Å². The standard InChI is InChI=1S/C6H8N2O3.ClH/c7-1-2-8-3-4(9)6(11)5(3)10;/h8-9H,1-2,7H2;1H. The van der Waals surface area contributed by atoms with E-state index in [4.69, 9.17) is 5.11 Å². The van der Waals surface area contributed by atoms with Gasteiger partial charge in [-0.2, -0.15) is 0 Å². The first-order chi connectivity index (χ1) is 5.18. The first-order valence-corrected chi connectivity index (χ1v) is 3.24. The van der Waals surface area contributed by atoms with Gasteiger partial charge in [-0.3, -0.25) is 9.59 Å². The van der Waals surface area contributed by atoms with E-state index in [1.165, 1.54) is 0 Å². The molecule has 68 valence electrons. The summed E-state index contributed by atoms with van der Waals surface area (Å²) in [5.41, 5.74) is 2.10. The fourth-order valence-corrected chi connectivity index (χ4v) is 0.757. The quantitative estimate of drug-likeness (QED) is 0.417. The molecule has 0 aliphatic rings. The van der Waals surface area contributed by atoms with Gasteiger partial charge in [0.25, 0.3) is 10.9 Å². The number of rotatable bonds is 3. The molecule has 0 saturated heterocycles. The third-order valence-corrected chi connectivity index (χ3v) is 1.36. The summed E-state index contributed by atoms with van der Waals surface area (Å²) < 4.78 is 0. The fourth-order valence-electron chi connectivity index (χ4n) is 0.757. The Labute approximate surface area is 74.3 Å². The van der Waals surface area contributed by atoms with Crippen LogP contribution in [0, 0.1) is 0 Å². The lowest BCUT2D eigenvalue weighted by Crippen LogP contribution is -3.00. The van der Waals surface area contributed by atoms with E-state index in [1.54, 1.807) is 0 Å². The Kier molecular flexibility index (Phi) is 3.72. The Bertz CT molecular complexity index is 329. The highest BCUT2D eigenvalue weighted by Crippen LogP contribution is 2.13. The summed E-state index contributed by atoms with van der Waals surface area (Å²) >= 11 is 0. The van der Waals surface area contributed by atoms with Crippen molar-refractivity contribution in [1.29, 1.82) is 0 Å². The van der Waals surface area contributed by atoms with E-state index in [0.717, 1.165) is 0 Å². The highest BCUT2D eigenvalue weighted by Gasteiger charge is 2.18. The van der Waals surface area contributed by atoms with Gasteiger partial charge >= 0.3 is 0 Å². The summed E-state index contributed by atoms with van der Waals surface area (Å²) in [7, 11) is 0. The van der Waals surface area contributed by atoms with Gasteiger partial charge in [0.1, 0.15) is 5.69 Å². The number of quaternary nitrogens is 1. The van der Waals surface area contributed by atoms with Crippen molar-refractivity contribution in [3.8, 4) is 5.75 Å². The molecule has 0 saturated carbocycles. The van der Waals surface area contributed by atoms with Gasteiger partial charge in [-0.25, -0.2) is 0 Å². The van der Waals surface area contributed by atoms with Crippen molar-refractivity contribution < 1.29 is 23.2 Å². The first kappa shape index (κ1) is 10.9. The van der Waals surface area contributed by atoms with Crippen molar-refractivity contribution in [3.63, 3.8) is 0 Å². The molecule has 0 amide bonds. The lowest BCUT2D eigenvalue weighted by atomic mass is 10.2. The molecule has 0 fully saturated rings. The molecule has 0 aliphatic carbocycles. The molecule has 1 aromatic rings. The summed E-state index contributed by atoms with van der Waals surface area (Å²) in [5, 5.41) is 11.4. The summed E-state index contributed by atoms with van der Waals surface area (Å²) in [5.74, 6) is -0.455. The maximum atomic E-state index is 10.6. The van der Waals surface area contributed by atoms with Gasteiger partial charge in [-0.1, -0.05) is 0 Å². The summed E-state index contributed by atoms with van der Waals surface area (Å²) in [6.45, 7) is 1.08. The zero-order valence-electron chi connectivity index (χ0n) is 6.26. The van der Waals surface area contributed by atoms with E-state index in [1.807, 2.05) is 0 Å². The minimum atomic E-state index is -0.809. The predicted molar refractivity (Wildman–Crippen MR) is 39.3 cm³/mol. The van der Waals surface area contributed by atoms with Crippen molar-refractivity contribution in [2.45, 2.75) is 0 Å². The van der Waals surface area contributed by atoms with Crippen LogP contribution in [-0.2, 0) is 0 Å². The highest BCUT2D eigenvalue weighted by molar-refractivity contribution is 5.60. The zero-order chi connectivity index (χ0) is 8.43. The van der Waals surface area contributed by atoms with Crippen LogP contribution in [0.4, 0.5) is 5.69 Å². The van der Waals surface area contributed by atoms with Crippen LogP contribution in [0.25, 0.3) is 0 Å². The van der Waals surface area contributed by atoms with Gasteiger partial charge in [-0.15, -0.1) is 0 Å². The molecule has 0 atom stereocenters. The van der Waals surface area contributed by atoms with Crippen LogP contribution in [0.3, 0.4) is 0 Å². The van der Waals surface area contributed by atoms with Crippen LogP contribution in [0.1, 0.15) is 0 Å². The van der Waals surface area contributed by atoms with Gasteiger partial charge in [0.2, 0.25) is 0 Å². The van der Waals surface area contributed by atoms with E-state index >= 15 is 0 Å². The minimum Gasteiger partial charge on any atom is -1.00 e. The first-order valence-electron chi connectivity index (χ1n) is 3.24. The smallest absolute Gasteiger partial charge is 0.271 e. The Hall–Kier alpha value is -1.07. The second kappa shape index (κ2) is 4.08. The number of nitrogens with one attached hydrogen (secondary N) is 1. The molecule has 1 aromatic carbocycles. The molecule has 0 radical (unpaired) electrons. The van der Waals surface area contributed by atoms with E-state index in [0.29, 0.717) is 13.1 Å². The Morgan fingerprint density at radius 1 is 1.33 bits per heavy atom. The maximum absolute atomic E-state index is 10.6. The zero-order valence-corrected chi connectivity index (χ0v) is 7.02. The van der Waals surface area contributed by atoms with E-state index < -0.39 is 16.6 Å². The van der Waals surface area contributed by atoms with Crippen LogP contribution < -0.4 is 34.3 Å². The van der Waals surface area contributed by atoms with Gasteiger partial charge in [0.15, 0.2) is 5.75 Å². The second-order valence-electron chi connectivity index (χ2n) is 2.16. The van der Waals surface area contributed by atoms with Crippen LogP contribution in [-0.4, -0.2) is 18.2 Å². The van der Waals surface area contributed by atoms with Crippen molar-refractivity contribution in [3.05, 3.63) is 20.4 Å². The molecule has 0 bridgehead atoms. The van der Waals surface area contributed by atoms with Gasteiger partial charge < -0.3 is 28.6 Å². The molecule has 12 heavy (non-hydrogen) atoms. The Morgan fingerprint density at radius 3 is 2.33 bits per heavy atom. The van der Waals surface area contributed by atoms with Gasteiger partial charge in [0, 0.05) is 0 Å². The minimum absolute atomic E-state index is 0. The molecule has 0 heterocycles. The summed E-state index contributed by atoms with van der Waals surface area (Å²) in [6, 6.07) is 0. The van der Waals surface area contributed by atoms with Gasteiger partial charge in [0.05, 0.1) is 13.1 Å². The van der Waals surface area contributed by atoms with Crippen molar-refractivity contribution in [2.75, 3.05) is 18.4 Å². The number of anilines is 1. The van der Waals surface area contributed by atoms with E-state index in [-0.39, 0.29) is 18.1 Å². The molecule has 0 spiro atoms. The normalized spacial score (nSPS) is 9.42. The van der Waals surface area contributed by atoms with E-state index in [9.17, 15) is 9.59 Å². The number of hydrogen-bond acceptors (Lipinski definition) is 4. The lowest BCUT2D eigenvalue weighted by Gasteiger charge is -2.05. The molecule has 1 rings (SSSR count). The average molecular weight is 193 g/mol. The topological polar surface area (TPSA) is 94.0 Å². The molecular weight excluding hydrogens is 184 g/mol. The lowest BCUT2D eigenvalue weighted by molar-refractivity contribution is -0.362. The highest BCUT2D eigenvalue weighted by atomic mass is 35.5. The second-order valence-corrected chi connectivity index (χ2v) is 2.16. The summed E-state index contributed by atoms with van der Waals surface area (Å²) in [4.78, 5) is 21.0. The summed E-state index contributed by atoms with van der Waals surface area (Å²) in [6.07, 6.45) is 0. The third-order valence-electron chi connectivity index (χ3n) is 1.36. The molecule has 0 aromatic heterocycles. The Morgan fingerprint density at radius 2 is 1.92 bits per heavy atom. The van der Waals surface area contributed by atoms with E-state index in [2.05, 4.69) is 11.1 Å². The monoisotopic (exact) mass is 192 g/mol. The molecule has 0 aliphatic heterocycles. The van der Waals surface area contributed by atoms with Crippen LogP contribution in [0.2, 0.25) is 0 Å². The number of hydrogen-bond donors (Lipinski definition) is 3. The molecule has 5 N–H and O–H groups in total. The molecular formula is C6H9ClN2O3. The molecule has 6 heteroatoms. The maximum Gasteiger partial charge on any atom is 0.271 e. The number of aromatic hydroxyl groups is 1. The van der Waals surface area contributed by atoms with Crippen LogP contribution >= 0.6 is 0 Å². The van der Waals surface area contributed by atoms with Crippen LogP contribution in [0.5, 0.6) is 5.75 Å². The predicted octanol–water partition coefficient (Wildman–Crippen LogP) is -5.35. The van der Waals surface area contributed by atoms with Gasteiger partial charge in [-0.05, 0) is 0 Å².